The van der Waals surface area contributed by atoms with Crippen molar-refractivity contribution in [3.8, 4) is 0 Å². The molecule has 0 saturated heterocycles. The molecule has 1 aromatic rings. The SMILES string of the molecule is CNC(=O)c1cc(C(C)(C)C)c(N)c(C(C)(C)C)c1. The highest BCUT2D eigenvalue weighted by atomic mass is 16.1. The van der Waals surface area contributed by atoms with E-state index in [2.05, 4.69) is 46.9 Å². The van der Waals surface area contributed by atoms with Crippen LogP contribution in [0.4, 0.5) is 5.69 Å². The van der Waals surface area contributed by atoms with Crippen LogP contribution in [0.15, 0.2) is 12.1 Å². The summed E-state index contributed by atoms with van der Waals surface area (Å²) in [5.74, 6) is -0.0731. The Bertz CT molecular complexity index is 455. The summed E-state index contributed by atoms with van der Waals surface area (Å²) in [5, 5.41) is 2.68. The van der Waals surface area contributed by atoms with E-state index >= 15 is 0 Å². The Labute approximate surface area is 116 Å². The molecule has 1 rings (SSSR count). The quantitative estimate of drug-likeness (QED) is 0.763. The molecule has 3 heteroatoms. The Morgan fingerprint density at radius 1 is 1.00 bits per heavy atom. The maximum atomic E-state index is 11.9. The zero-order valence-electron chi connectivity index (χ0n) is 13.1. The fraction of sp³-hybridized carbons (Fsp3) is 0.562. The van der Waals surface area contributed by atoms with Gasteiger partial charge in [-0.05, 0) is 34.1 Å². The summed E-state index contributed by atoms with van der Waals surface area (Å²) in [4.78, 5) is 11.9. The Morgan fingerprint density at radius 2 is 1.37 bits per heavy atom. The number of nitrogen functional groups attached to an aromatic ring is 1. The first-order valence-electron chi connectivity index (χ1n) is 6.65. The molecule has 0 saturated carbocycles. The van der Waals surface area contributed by atoms with E-state index in [1.165, 1.54) is 0 Å². The highest BCUT2D eigenvalue weighted by molar-refractivity contribution is 5.95. The fourth-order valence-corrected chi connectivity index (χ4v) is 2.17. The standard InChI is InChI=1S/C16H26N2O/c1-15(2,3)11-8-10(14(19)18-7)9-12(13(11)17)16(4,5)6/h8-9H,17H2,1-7H3,(H,18,19). The van der Waals surface area contributed by atoms with Crippen molar-refractivity contribution in [3.05, 3.63) is 28.8 Å². The van der Waals surface area contributed by atoms with Crippen LogP contribution in [0.25, 0.3) is 0 Å². The van der Waals surface area contributed by atoms with Crippen molar-refractivity contribution in [3.63, 3.8) is 0 Å². The molecule has 1 amide bonds. The summed E-state index contributed by atoms with van der Waals surface area (Å²) >= 11 is 0. The summed E-state index contributed by atoms with van der Waals surface area (Å²) in [7, 11) is 1.65. The summed E-state index contributed by atoms with van der Waals surface area (Å²) in [6.45, 7) is 12.7. The minimum absolute atomic E-state index is 0.0731. The van der Waals surface area contributed by atoms with E-state index in [9.17, 15) is 4.79 Å². The van der Waals surface area contributed by atoms with Crippen LogP contribution >= 0.6 is 0 Å². The van der Waals surface area contributed by atoms with Gasteiger partial charge in [-0.1, -0.05) is 41.5 Å². The third-order valence-corrected chi connectivity index (χ3v) is 3.29. The van der Waals surface area contributed by atoms with Crippen molar-refractivity contribution in [2.45, 2.75) is 52.4 Å². The van der Waals surface area contributed by atoms with Gasteiger partial charge in [0.15, 0.2) is 0 Å². The second kappa shape index (κ2) is 4.87. The number of hydrogen-bond donors (Lipinski definition) is 2. The van der Waals surface area contributed by atoms with Gasteiger partial charge in [0, 0.05) is 18.3 Å². The summed E-state index contributed by atoms with van der Waals surface area (Å²) < 4.78 is 0. The lowest BCUT2D eigenvalue weighted by molar-refractivity contribution is 0.0963. The number of rotatable bonds is 1. The molecule has 106 valence electrons. The van der Waals surface area contributed by atoms with Crippen LogP contribution in [0.3, 0.4) is 0 Å². The second-order valence-corrected chi connectivity index (χ2v) is 7.06. The van der Waals surface area contributed by atoms with Gasteiger partial charge >= 0.3 is 0 Å². The Balaban J connectivity index is 3.62. The molecule has 3 N–H and O–H groups in total. The maximum Gasteiger partial charge on any atom is 0.251 e. The number of anilines is 1. The Morgan fingerprint density at radius 3 is 1.63 bits per heavy atom. The largest absolute Gasteiger partial charge is 0.398 e. The zero-order valence-corrected chi connectivity index (χ0v) is 13.1. The maximum absolute atomic E-state index is 11.9. The first-order valence-corrected chi connectivity index (χ1v) is 6.65. The summed E-state index contributed by atoms with van der Waals surface area (Å²) in [5.41, 5.74) is 9.68. The summed E-state index contributed by atoms with van der Waals surface area (Å²) in [6.07, 6.45) is 0. The summed E-state index contributed by atoms with van der Waals surface area (Å²) in [6, 6.07) is 3.81. The lowest BCUT2D eigenvalue weighted by atomic mass is 9.77. The monoisotopic (exact) mass is 262 g/mol. The molecule has 0 aliphatic rings. The predicted molar refractivity (Wildman–Crippen MR) is 81.6 cm³/mol. The Kier molecular flexibility index (Phi) is 3.99. The van der Waals surface area contributed by atoms with E-state index < -0.39 is 0 Å². The number of carbonyl (C=O) groups is 1. The van der Waals surface area contributed by atoms with E-state index in [0.717, 1.165) is 16.8 Å². The molecule has 0 fully saturated rings. The van der Waals surface area contributed by atoms with Gasteiger partial charge in [-0.15, -0.1) is 0 Å². The van der Waals surface area contributed by atoms with Gasteiger partial charge in [0.2, 0.25) is 0 Å². The van der Waals surface area contributed by atoms with Crippen molar-refractivity contribution in [1.82, 2.24) is 5.32 Å². The van der Waals surface area contributed by atoms with Crippen molar-refractivity contribution in [1.29, 1.82) is 0 Å². The van der Waals surface area contributed by atoms with Crippen LogP contribution in [-0.4, -0.2) is 13.0 Å². The number of amides is 1. The fourth-order valence-electron chi connectivity index (χ4n) is 2.17. The topological polar surface area (TPSA) is 55.1 Å². The highest BCUT2D eigenvalue weighted by Gasteiger charge is 2.26. The van der Waals surface area contributed by atoms with E-state index in [1.54, 1.807) is 7.05 Å². The molecule has 0 heterocycles. The molecule has 3 nitrogen and oxygen atoms in total. The normalized spacial score (nSPS) is 12.4. The zero-order chi connectivity index (χ0) is 15.0. The molecule has 0 bridgehead atoms. The number of carbonyl (C=O) groups excluding carboxylic acids is 1. The van der Waals surface area contributed by atoms with E-state index in [4.69, 9.17) is 5.73 Å². The van der Waals surface area contributed by atoms with Gasteiger partial charge in [0.25, 0.3) is 5.91 Å². The van der Waals surface area contributed by atoms with Crippen LogP contribution in [-0.2, 0) is 10.8 Å². The van der Waals surface area contributed by atoms with Crippen LogP contribution in [0, 0.1) is 0 Å². The minimum atomic E-state index is -0.0892. The number of nitrogens with two attached hydrogens (primary N) is 1. The molecular formula is C16H26N2O. The molecule has 0 radical (unpaired) electrons. The van der Waals surface area contributed by atoms with Gasteiger partial charge in [0.1, 0.15) is 0 Å². The number of hydrogen-bond acceptors (Lipinski definition) is 2. The van der Waals surface area contributed by atoms with E-state index in [0.29, 0.717) is 5.56 Å². The van der Waals surface area contributed by atoms with E-state index in [-0.39, 0.29) is 16.7 Å². The molecule has 0 atom stereocenters. The molecular weight excluding hydrogens is 236 g/mol. The molecule has 0 aromatic heterocycles. The van der Waals surface area contributed by atoms with Crippen LogP contribution in [0.2, 0.25) is 0 Å². The third-order valence-electron chi connectivity index (χ3n) is 3.29. The first kappa shape index (κ1) is 15.5. The number of benzene rings is 1. The molecule has 19 heavy (non-hydrogen) atoms. The highest BCUT2D eigenvalue weighted by Crippen LogP contribution is 2.36. The average molecular weight is 262 g/mol. The van der Waals surface area contributed by atoms with Crippen molar-refractivity contribution < 1.29 is 4.79 Å². The lowest BCUT2D eigenvalue weighted by Crippen LogP contribution is -2.24. The average Bonchev–Trinajstić information content (AvgIpc) is 2.25. The molecule has 0 spiro atoms. The molecule has 0 aliphatic carbocycles. The number of nitrogens with one attached hydrogen (secondary N) is 1. The first-order chi connectivity index (χ1) is 8.48. The van der Waals surface area contributed by atoms with Crippen molar-refractivity contribution in [2.24, 2.45) is 0 Å². The van der Waals surface area contributed by atoms with Crippen molar-refractivity contribution in [2.75, 3.05) is 12.8 Å². The predicted octanol–water partition coefficient (Wildman–Crippen LogP) is 3.22. The van der Waals surface area contributed by atoms with Crippen molar-refractivity contribution >= 4 is 11.6 Å². The van der Waals surface area contributed by atoms with Gasteiger partial charge in [0.05, 0.1) is 0 Å². The smallest absolute Gasteiger partial charge is 0.251 e. The van der Waals surface area contributed by atoms with Gasteiger partial charge in [-0.2, -0.15) is 0 Å². The third kappa shape index (κ3) is 3.28. The molecule has 0 unspecified atom stereocenters. The second-order valence-electron chi connectivity index (χ2n) is 7.06. The van der Waals surface area contributed by atoms with Gasteiger partial charge < -0.3 is 11.1 Å². The van der Waals surface area contributed by atoms with Gasteiger partial charge in [-0.25, -0.2) is 0 Å². The van der Waals surface area contributed by atoms with E-state index in [1.807, 2.05) is 12.1 Å². The van der Waals surface area contributed by atoms with Crippen LogP contribution in [0.5, 0.6) is 0 Å². The van der Waals surface area contributed by atoms with Gasteiger partial charge in [-0.3, -0.25) is 4.79 Å². The minimum Gasteiger partial charge on any atom is -0.398 e. The van der Waals surface area contributed by atoms with Crippen LogP contribution < -0.4 is 11.1 Å². The van der Waals surface area contributed by atoms with Crippen LogP contribution in [0.1, 0.15) is 63.0 Å². The lowest BCUT2D eigenvalue weighted by Gasteiger charge is -2.29. The Hall–Kier alpha value is -1.51. The molecule has 0 aliphatic heterocycles. The molecule has 1 aromatic carbocycles.